The monoisotopic (exact) mass is 363 g/mol. The molecule has 1 saturated heterocycles. The molecule has 1 aliphatic rings. The van der Waals surface area contributed by atoms with Gasteiger partial charge in [-0.15, -0.1) is 0 Å². The lowest BCUT2D eigenvalue weighted by Crippen LogP contribution is -2.32. The Balaban J connectivity index is 1.30. The Bertz CT molecular complexity index is 876. The highest BCUT2D eigenvalue weighted by Gasteiger charge is 2.16. The summed E-state index contributed by atoms with van der Waals surface area (Å²) in [6.07, 6.45) is 3.33. The molecule has 0 spiro atoms. The Morgan fingerprint density at radius 3 is 2.63 bits per heavy atom. The van der Waals surface area contributed by atoms with Crippen LogP contribution in [0, 0.1) is 5.92 Å². The number of anilines is 2. The number of carbonyl (C=O) groups is 1. The highest BCUT2D eigenvalue weighted by Crippen LogP contribution is 2.24. The number of hydrogen-bond donors (Lipinski definition) is 1. The second-order valence-corrected chi connectivity index (χ2v) is 7.34. The zero-order valence-corrected chi connectivity index (χ0v) is 15.6. The maximum Gasteiger partial charge on any atom is 0.224 e. The highest BCUT2D eigenvalue weighted by atomic mass is 16.3. The second kappa shape index (κ2) is 7.82. The van der Waals surface area contributed by atoms with Gasteiger partial charge in [-0.2, -0.15) is 0 Å². The summed E-state index contributed by atoms with van der Waals surface area (Å²) in [5.41, 5.74) is 3.64. The van der Waals surface area contributed by atoms with Crippen LogP contribution < -0.4 is 10.2 Å². The number of rotatable bonds is 5. The average molecular weight is 363 g/mol. The maximum absolute atomic E-state index is 12.2. The van der Waals surface area contributed by atoms with Crippen LogP contribution in [0.15, 0.2) is 52.9 Å². The van der Waals surface area contributed by atoms with Gasteiger partial charge in [0.2, 0.25) is 5.91 Å². The number of carbonyl (C=O) groups excluding carboxylic acids is 1. The van der Waals surface area contributed by atoms with E-state index in [4.69, 9.17) is 4.42 Å². The van der Waals surface area contributed by atoms with E-state index in [1.54, 1.807) is 0 Å². The van der Waals surface area contributed by atoms with Crippen LogP contribution in [0.4, 0.5) is 11.4 Å². The van der Waals surface area contributed by atoms with Crippen molar-refractivity contribution in [3.05, 3.63) is 54.4 Å². The van der Waals surface area contributed by atoms with Crippen LogP contribution in [0.5, 0.6) is 0 Å². The van der Waals surface area contributed by atoms with Crippen molar-refractivity contribution in [1.82, 2.24) is 4.98 Å². The molecular weight excluding hydrogens is 338 g/mol. The van der Waals surface area contributed by atoms with Crippen LogP contribution in [0.2, 0.25) is 0 Å². The molecule has 0 aliphatic carbocycles. The van der Waals surface area contributed by atoms with E-state index in [-0.39, 0.29) is 5.91 Å². The number of fused-ring (bicyclic) bond motifs is 1. The van der Waals surface area contributed by atoms with Crippen molar-refractivity contribution in [3.8, 4) is 0 Å². The Labute approximate surface area is 159 Å². The largest absolute Gasteiger partial charge is 0.441 e. The number of amides is 1. The Morgan fingerprint density at radius 1 is 1.15 bits per heavy atom. The number of piperidine rings is 1. The molecule has 1 N–H and O–H groups in total. The maximum atomic E-state index is 12.2. The van der Waals surface area contributed by atoms with Gasteiger partial charge in [0.05, 0.1) is 0 Å². The van der Waals surface area contributed by atoms with Crippen LogP contribution in [0.1, 0.15) is 32.1 Å². The highest BCUT2D eigenvalue weighted by molar-refractivity contribution is 5.91. The molecule has 4 rings (SSSR count). The number of oxazole rings is 1. The lowest BCUT2D eigenvalue weighted by molar-refractivity contribution is -0.116. The molecule has 1 aromatic heterocycles. The van der Waals surface area contributed by atoms with Gasteiger partial charge in [0.25, 0.3) is 0 Å². The van der Waals surface area contributed by atoms with Gasteiger partial charge in [0.15, 0.2) is 11.5 Å². The van der Waals surface area contributed by atoms with Crippen molar-refractivity contribution in [2.24, 2.45) is 5.92 Å². The second-order valence-electron chi connectivity index (χ2n) is 7.34. The summed E-state index contributed by atoms with van der Waals surface area (Å²) in [7, 11) is 0. The minimum atomic E-state index is -0.0307. The average Bonchev–Trinajstić information content (AvgIpc) is 3.11. The third-order valence-corrected chi connectivity index (χ3v) is 5.20. The molecule has 3 aromatic rings. The summed E-state index contributed by atoms with van der Waals surface area (Å²) in [5.74, 6) is 1.39. The predicted octanol–water partition coefficient (Wildman–Crippen LogP) is 4.64. The smallest absolute Gasteiger partial charge is 0.224 e. The molecule has 0 radical (unpaired) electrons. The summed E-state index contributed by atoms with van der Waals surface area (Å²) >= 11 is 0. The van der Waals surface area contributed by atoms with E-state index in [0.717, 1.165) is 35.8 Å². The van der Waals surface area contributed by atoms with E-state index in [1.807, 2.05) is 36.4 Å². The van der Waals surface area contributed by atoms with Crippen LogP contribution in [-0.2, 0) is 11.2 Å². The summed E-state index contributed by atoms with van der Waals surface area (Å²) < 4.78 is 5.66. The molecule has 27 heavy (non-hydrogen) atoms. The first-order valence-electron chi connectivity index (χ1n) is 9.67. The molecule has 1 fully saturated rings. The molecule has 2 heterocycles. The van der Waals surface area contributed by atoms with E-state index in [0.29, 0.717) is 18.7 Å². The van der Waals surface area contributed by atoms with Crippen LogP contribution in [0.25, 0.3) is 11.1 Å². The summed E-state index contributed by atoms with van der Waals surface area (Å²) in [6, 6.07) is 15.8. The first-order chi connectivity index (χ1) is 13.2. The third kappa shape index (κ3) is 4.30. The summed E-state index contributed by atoms with van der Waals surface area (Å²) in [6.45, 7) is 4.53. The number of aromatic nitrogens is 1. The molecule has 2 aromatic carbocycles. The molecule has 0 unspecified atom stereocenters. The molecule has 0 atom stereocenters. The number of nitrogens with zero attached hydrogens (tertiary/aromatic N) is 2. The molecule has 0 saturated carbocycles. The number of nitrogens with one attached hydrogen (secondary N) is 1. The van der Waals surface area contributed by atoms with Crippen molar-refractivity contribution < 1.29 is 9.21 Å². The first kappa shape index (κ1) is 17.6. The minimum Gasteiger partial charge on any atom is -0.441 e. The molecule has 1 amide bonds. The van der Waals surface area contributed by atoms with Gasteiger partial charge in [-0.3, -0.25) is 4.79 Å². The normalized spacial score (nSPS) is 15.2. The first-order valence-corrected chi connectivity index (χ1v) is 9.67. The van der Waals surface area contributed by atoms with Crippen molar-refractivity contribution in [2.45, 2.75) is 32.6 Å². The Hall–Kier alpha value is -2.82. The minimum absolute atomic E-state index is 0.0307. The van der Waals surface area contributed by atoms with E-state index in [1.165, 1.54) is 18.5 Å². The molecule has 1 aliphatic heterocycles. The third-order valence-electron chi connectivity index (χ3n) is 5.20. The molecular formula is C22H25N3O2. The van der Waals surface area contributed by atoms with Crippen molar-refractivity contribution >= 4 is 28.4 Å². The van der Waals surface area contributed by atoms with Crippen LogP contribution in [-0.4, -0.2) is 24.0 Å². The fourth-order valence-electron chi connectivity index (χ4n) is 3.49. The van der Waals surface area contributed by atoms with Crippen molar-refractivity contribution in [3.63, 3.8) is 0 Å². The Kier molecular flexibility index (Phi) is 5.10. The standard InChI is InChI=1S/C22H25N3O2/c1-16-12-14-25(15-13-16)18-8-6-17(7-9-18)23-21(26)10-11-22-24-19-4-2-3-5-20(19)27-22/h2-9,16H,10-15H2,1H3,(H,23,26). The Morgan fingerprint density at radius 2 is 1.89 bits per heavy atom. The molecule has 5 heteroatoms. The zero-order valence-electron chi connectivity index (χ0n) is 15.6. The van der Waals surface area contributed by atoms with E-state index in [9.17, 15) is 4.79 Å². The zero-order chi connectivity index (χ0) is 18.6. The van der Waals surface area contributed by atoms with Gasteiger partial charge in [0.1, 0.15) is 5.52 Å². The number of para-hydroxylation sites is 2. The van der Waals surface area contributed by atoms with Gasteiger partial charge in [-0.25, -0.2) is 4.98 Å². The molecule has 0 bridgehead atoms. The van der Waals surface area contributed by atoms with E-state index in [2.05, 4.69) is 34.3 Å². The van der Waals surface area contributed by atoms with Crippen molar-refractivity contribution in [2.75, 3.05) is 23.3 Å². The quantitative estimate of drug-likeness (QED) is 0.718. The fraction of sp³-hybridized carbons (Fsp3) is 0.364. The number of aryl methyl sites for hydroxylation is 1. The van der Waals surface area contributed by atoms with Gasteiger partial charge in [-0.1, -0.05) is 19.1 Å². The predicted molar refractivity (Wildman–Crippen MR) is 108 cm³/mol. The topological polar surface area (TPSA) is 58.4 Å². The number of benzene rings is 2. The van der Waals surface area contributed by atoms with Gasteiger partial charge in [-0.05, 0) is 55.2 Å². The van der Waals surface area contributed by atoms with Crippen LogP contribution >= 0.6 is 0 Å². The SMILES string of the molecule is CC1CCN(c2ccc(NC(=O)CCc3nc4ccccc4o3)cc2)CC1. The molecule has 140 valence electrons. The van der Waals surface area contributed by atoms with Gasteiger partial charge in [0, 0.05) is 37.3 Å². The summed E-state index contributed by atoms with van der Waals surface area (Å²) in [4.78, 5) is 19.1. The van der Waals surface area contributed by atoms with Gasteiger partial charge < -0.3 is 14.6 Å². The lowest BCUT2D eigenvalue weighted by Gasteiger charge is -2.32. The molecule has 5 nitrogen and oxygen atoms in total. The van der Waals surface area contributed by atoms with E-state index < -0.39 is 0 Å². The lowest BCUT2D eigenvalue weighted by atomic mass is 9.99. The summed E-state index contributed by atoms with van der Waals surface area (Å²) in [5, 5.41) is 2.96. The van der Waals surface area contributed by atoms with Crippen LogP contribution in [0.3, 0.4) is 0 Å². The fourth-order valence-corrected chi connectivity index (χ4v) is 3.49. The van der Waals surface area contributed by atoms with Crippen molar-refractivity contribution in [1.29, 1.82) is 0 Å². The van der Waals surface area contributed by atoms with E-state index >= 15 is 0 Å². The number of hydrogen-bond acceptors (Lipinski definition) is 4. The van der Waals surface area contributed by atoms with Gasteiger partial charge >= 0.3 is 0 Å².